The van der Waals surface area contributed by atoms with Crippen LogP contribution in [0.1, 0.15) is 62.9 Å². The number of hydrogen-bond acceptors (Lipinski definition) is 5. The summed E-state index contributed by atoms with van der Waals surface area (Å²) in [5.41, 5.74) is 0.988. The highest BCUT2D eigenvalue weighted by Crippen LogP contribution is 2.34. The van der Waals surface area contributed by atoms with Crippen molar-refractivity contribution in [3.05, 3.63) is 22.7 Å². The molecule has 0 bridgehead atoms. The SMILES string of the molecule is C/C=C/C(=O)CC1CCC(CCN2CCc3sc(OCC(C)(F)F)nc3C2)CC1. The van der Waals surface area contributed by atoms with Gasteiger partial charge in [0.05, 0.1) is 5.69 Å². The van der Waals surface area contributed by atoms with Crippen LogP contribution in [0.4, 0.5) is 8.78 Å². The molecule has 0 N–H and O–H groups in total. The summed E-state index contributed by atoms with van der Waals surface area (Å²) in [5, 5.41) is 0.365. The van der Waals surface area contributed by atoms with Gasteiger partial charge >= 0.3 is 0 Å². The lowest BCUT2D eigenvalue weighted by atomic mass is 9.78. The number of allylic oxidation sites excluding steroid dienone is 2. The Hall–Kier alpha value is -1.34. The number of carbonyl (C=O) groups excluding carboxylic acids is 1. The van der Waals surface area contributed by atoms with Gasteiger partial charge in [-0.3, -0.25) is 9.69 Å². The van der Waals surface area contributed by atoms with Crippen LogP contribution in [0, 0.1) is 11.8 Å². The van der Waals surface area contributed by atoms with Crippen molar-refractivity contribution in [3.8, 4) is 5.19 Å². The van der Waals surface area contributed by atoms with Crippen LogP contribution in [-0.4, -0.2) is 41.3 Å². The van der Waals surface area contributed by atoms with E-state index in [4.69, 9.17) is 4.74 Å². The maximum absolute atomic E-state index is 13.0. The summed E-state index contributed by atoms with van der Waals surface area (Å²) in [6, 6.07) is 0. The van der Waals surface area contributed by atoms with Crippen LogP contribution in [0.25, 0.3) is 0 Å². The predicted molar refractivity (Wildman–Crippen MR) is 112 cm³/mol. The van der Waals surface area contributed by atoms with E-state index in [0.29, 0.717) is 17.5 Å². The van der Waals surface area contributed by atoms with Crippen molar-refractivity contribution in [3.63, 3.8) is 0 Å². The van der Waals surface area contributed by atoms with Crippen LogP contribution in [0.3, 0.4) is 0 Å². The third-order valence-corrected chi connectivity index (χ3v) is 6.97. The van der Waals surface area contributed by atoms with Crippen LogP contribution in [0.2, 0.25) is 0 Å². The van der Waals surface area contributed by atoms with Gasteiger partial charge in [0.25, 0.3) is 11.1 Å². The minimum atomic E-state index is -2.84. The zero-order valence-electron chi connectivity index (χ0n) is 17.5. The van der Waals surface area contributed by atoms with E-state index in [1.807, 2.05) is 13.0 Å². The van der Waals surface area contributed by atoms with Gasteiger partial charge < -0.3 is 4.74 Å². The number of hydrogen-bond donors (Lipinski definition) is 0. The van der Waals surface area contributed by atoms with E-state index in [2.05, 4.69) is 9.88 Å². The van der Waals surface area contributed by atoms with Gasteiger partial charge in [-0.1, -0.05) is 30.3 Å². The van der Waals surface area contributed by atoms with Gasteiger partial charge in [0.1, 0.15) is 0 Å². The standard InChI is InChI=1S/C22H32F2N2O2S/c1-3-4-18(27)13-17-7-5-16(6-8-17)9-11-26-12-10-20-19(14-26)25-21(29-20)28-15-22(2,23)24/h3-4,16-17H,5-15H2,1-2H3/b4-3+. The Labute approximate surface area is 176 Å². The average molecular weight is 427 g/mol. The summed E-state index contributed by atoms with van der Waals surface area (Å²) < 4.78 is 31.1. The molecule has 7 heteroatoms. The third kappa shape index (κ3) is 7.14. The lowest BCUT2D eigenvalue weighted by molar-refractivity contribution is -0.115. The lowest BCUT2D eigenvalue weighted by Crippen LogP contribution is -2.32. The number of fused-ring (bicyclic) bond motifs is 1. The molecule has 3 rings (SSSR count). The van der Waals surface area contributed by atoms with Crippen molar-refractivity contribution in [2.24, 2.45) is 11.8 Å². The number of thiazole rings is 1. The molecule has 0 saturated heterocycles. The quantitative estimate of drug-likeness (QED) is 0.505. The molecule has 1 aliphatic heterocycles. The second-order valence-electron chi connectivity index (χ2n) is 8.58. The topological polar surface area (TPSA) is 42.4 Å². The molecule has 29 heavy (non-hydrogen) atoms. The molecule has 162 valence electrons. The Morgan fingerprint density at radius 3 is 2.72 bits per heavy atom. The first-order chi connectivity index (χ1) is 13.8. The Kier molecular flexibility index (Phi) is 7.79. The summed E-state index contributed by atoms with van der Waals surface area (Å²) in [7, 11) is 0. The monoisotopic (exact) mass is 426 g/mol. The minimum Gasteiger partial charge on any atom is -0.464 e. The highest BCUT2D eigenvalue weighted by molar-refractivity contribution is 7.13. The highest BCUT2D eigenvalue weighted by Gasteiger charge is 2.27. The highest BCUT2D eigenvalue weighted by atomic mass is 32.1. The van der Waals surface area contributed by atoms with Crippen LogP contribution in [0.5, 0.6) is 5.19 Å². The third-order valence-electron chi connectivity index (χ3n) is 5.90. The first-order valence-electron chi connectivity index (χ1n) is 10.7. The molecule has 1 fully saturated rings. The number of rotatable bonds is 9. The molecule has 2 aliphatic rings. The average Bonchev–Trinajstić information content (AvgIpc) is 3.08. The largest absolute Gasteiger partial charge is 0.464 e. The zero-order chi connectivity index (χ0) is 20.9. The number of aromatic nitrogens is 1. The van der Waals surface area contributed by atoms with Crippen molar-refractivity contribution in [2.45, 2.75) is 71.3 Å². The van der Waals surface area contributed by atoms with Gasteiger partial charge in [0.2, 0.25) is 0 Å². The molecule has 0 radical (unpaired) electrons. The number of ether oxygens (including phenoxy) is 1. The van der Waals surface area contributed by atoms with Gasteiger partial charge in [-0.25, -0.2) is 13.8 Å². The molecule has 0 atom stereocenters. The zero-order valence-corrected chi connectivity index (χ0v) is 18.3. The van der Waals surface area contributed by atoms with Gasteiger partial charge in [-0.2, -0.15) is 0 Å². The summed E-state index contributed by atoms with van der Waals surface area (Å²) in [4.78, 5) is 19.8. The van der Waals surface area contributed by atoms with E-state index < -0.39 is 12.5 Å². The molecule has 0 unspecified atom stereocenters. The van der Waals surface area contributed by atoms with Crippen LogP contribution in [0.15, 0.2) is 12.2 Å². The molecule has 4 nitrogen and oxygen atoms in total. The Bertz CT molecular complexity index is 706. The molecule has 1 saturated carbocycles. The van der Waals surface area contributed by atoms with Gasteiger partial charge in [0, 0.05) is 31.3 Å². The molecule has 1 aliphatic carbocycles. The first-order valence-corrected chi connectivity index (χ1v) is 11.5. The maximum atomic E-state index is 13.0. The Balaban J connectivity index is 1.39. The van der Waals surface area contributed by atoms with Crippen molar-refractivity contribution >= 4 is 17.1 Å². The normalized spacial score (nSPS) is 23.3. The molecule has 0 aromatic carbocycles. The summed E-state index contributed by atoms with van der Waals surface area (Å²) in [6.45, 7) is 4.95. The number of alkyl halides is 2. The predicted octanol–water partition coefficient (Wildman–Crippen LogP) is 5.27. The number of halogens is 2. The minimum absolute atomic E-state index is 0.259. The van der Waals surface area contributed by atoms with E-state index in [1.54, 1.807) is 6.08 Å². The van der Waals surface area contributed by atoms with Gasteiger partial charge in [-0.15, -0.1) is 0 Å². The van der Waals surface area contributed by atoms with E-state index in [9.17, 15) is 13.6 Å². The molecule has 2 heterocycles. The molecule has 1 aromatic heterocycles. The van der Waals surface area contributed by atoms with Crippen LogP contribution in [-0.2, 0) is 17.8 Å². The number of nitrogens with zero attached hydrogens (tertiary/aromatic N) is 2. The fraction of sp³-hybridized carbons (Fsp3) is 0.727. The first kappa shape index (κ1) is 22.3. The van der Waals surface area contributed by atoms with Crippen molar-refractivity contribution in [2.75, 3.05) is 19.7 Å². The van der Waals surface area contributed by atoms with Crippen molar-refractivity contribution in [1.82, 2.24) is 9.88 Å². The summed E-state index contributed by atoms with van der Waals surface area (Å²) >= 11 is 1.41. The van der Waals surface area contributed by atoms with E-state index in [1.165, 1.54) is 35.5 Å². The molecule has 0 spiro atoms. The Morgan fingerprint density at radius 2 is 2.03 bits per heavy atom. The molecular formula is C22H32F2N2O2S. The van der Waals surface area contributed by atoms with Crippen LogP contribution >= 0.6 is 11.3 Å². The number of carbonyl (C=O) groups is 1. The molecule has 0 amide bonds. The molecule has 1 aromatic rings. The Morgan fingerprint density at radius 1 is 1.31 bits per heavy atom. The van der Waals surface area contributed by atoms with Gasteiger partial charge in [-0.05, 0) is 57.1 Å². The van der Waals surface area contributed by atoms with Crippen molar-refractivity contribution < 1.29 is 18.3 Å². The van der Waals surface area contributed by atoms with E-state index in [0.717, 1.165) is 57.4 Å². The second kappa shape index (κ2) is 10.1. The maximum Gasteiger partial charge on any atom is 0.278 e. The second-order valence-corrected chi connectivity index (χ2v) is 9.63. The summed E-state index contributed by atoms with van der Waals surface area (Å²) in [5.74, 6) is -1.28. The summed E-state index contributed by atoms with van der Waals surface area (Å²) in [6.07, 6.45) is 11.1. The fourth-order valence-corrected chi connectivity index (χ4v) is 5.20. The smallest absolute Gasteiger partial charge is 0.278 e. The van der Waals surface area contributed by atoms with E-state index >= 15 is 0 Å². The number of ketones is 1. The van der Waals surface area contributed by atoms with Gasteiger partial charge in [0.15, 0.2) is 12.4 Å². The van der Waals surface area contributed by atoms with Crippen LogP contribution < -0.4 is 4.74 Å². The fourth-order valence-electron chi connectivity index (χ4n) is 4.30. The molecular weight excluding hydrogens is 394 g/mol. The van der Waals surface area contributed by atoms with E-state index in [-0.39, 0.29) is 5.78 Å². The lowest BCUT2D eigenvalue weighted by Gasteiger charge is -2.31. The van der Waals surface area contributed by atoms with Crippen molar-refractivity contribution in [1.29, 1.82) is 0 Å².